The van der Waals surface area contributed by atoms with Gasteiger partial charge in [-0.15, -0.1) is 0 Å². The normalized spacial score (nSPS) is 18.1. The van der Waals surface area contributed by atoms with E-state index in [1.165, 1.54) is 0 Å². The molecule has 0 aromatic carbocycles. The van der Waals surface area contributed by atoms with Crippen molar-refractivity contribution in [3.63, 3.8) is 0 Å². The SMILES string of the molecule is Cn1ncc(OCC2(F)CNC2)c1-c1ccn2nc(NC(=O)C3CC3)cc2c1. The first-order valence-electron chi connectivity index (χ1n) is 9.36. The van der Waals surface area contributed by atoms with Crippen LogP contribution in [0.3, 0.4) is 0 Å². The number of nitrogens with one attached hydrogen (secondary N) is 2. The second kappa shape index (κ2) is 6.30. The van der Waals surface area contributed by atoms with Gasteiger partial charge in [0.25, 0.3) is 0 Å². The number of anilines is 1. The van der Waals surface area contributed by atoms with Crippen molar-refractivity contribution in [1.82, 2.24) is 24.7 Å². The molecule has 2 fully saturated rings. The molecule has 9 heteroatoms. The van der Waals surface area contributed by atoms with Crippen molar-refractivity contribution >= 4 is 17.2 Å². The number of amides is 1. The Balaban J connectivity index is 1.40. The Morgan fingerprint density at radius 1 is 1.43 bits per heavy atom. The molecule has 8 nitrogen and oxygen atoms in total. The van der Waals surface area contributed by atoms with Gasteiger partial charge in [-0.2, -0.15) is 10.2 Å². The van der Waals surface area contributed by atoms with Gasteiger partial charge in [-0.3, -0.25) is 9.48 Å². The maximum absolute atomic E-state index is 14.2. The van der Waals surface area contributed by atoms with E-state index in [1.54, 1.807) is 15.4 Å². The summed E-state index contributed by atoms with van der Waals surface area (Å²) in [7, 11) is 1.82. The Morgan fingerprint density at radius 3 is 2.96 bits per heavy atom. The molecule has 5 rings (SSSR count). The summed E-state index contributed by atoms with van der Waals surface area (Å²) in [6.45, 7) is 0.602. The molecular formula is C19H21FN6O2. The minimum Gasteiger partial charge on any atom is -0.486 e. The molecule has 28 heavy (non-hydrogen) atoms. The summed E-state index contributed by atoms with van der Waals surface area (Å²) in [5.74, 6) is 1.22. The maximum atomic E-state index is 14.2. The highest BCUT2D eigenvalue weighted by Crippen LogP contribution is 2.32. The van der Waals surface area contributed by atoms with Crippen molar-refractivity contribution < 1.29 is 13.9 Å². The van der Waals surface area contributed by atoms with Gasteiger partial charge in [-0.1, -0.05) is 0 Å². The van der Waals surface area contributed by atoms with E-state index in [0.29, 0.717) is 24.7 Å². The van der Waals surface area contributed by atoms with E-state index in [1.807, 2.05) is 31.4 Å². The van der Waals surface area contributed by atoms with Gasteiger partial charge in [-0.25, -0.2) is 8.91 Å². The lowest BCUT2D eigenvalue weighted by atomic mass is 10.0. The second-order valence-corrected chi connectivity index (χ2v) is 7.60. The lowest BCUT2D eigenvalue weighted by molar-refractivity contribution is -0.117. The lowest BCUT2D eigenvalue weighted by Crippen LogP contribution is -2.59. The zero-order valence-electron chi connectivity index (χ0n) is 15.5. The Hall–Kier alpha value is -2.94. The van der Waals surface area contributed by atoms with Crippen LogP contribution in [-0.2, 0) is 11.8 Å². The number of ether oxygens (including phenoxy) is 1. The predicted octanol–water partition coefficient (Wildman–Crippen LogP) is 1.77. The molecule has 4 heterocycles. The molecule has 3 aromatic heterocycles. The zero-order valence-corrected chi connectivity index (χ0v) is 15.5. The summed E-state index contributed by atoms with van der Waals surface area (Å²) in [5.41, 5.74) is 1.16. The van der Waals surface area contributed by atoms with Gasteiger partial charge in [0.15, 0.2) is 17.2 Å². The number of fused-ring (bicyclic) bond motifs is 1. The first-order valence-corrected chi connectivity index (χ1v) is 9.36. The van der Waals surface area contributed by atoms with Crippen LogP contribution in [0, 0.1) is 5.92 Å². The van der Waals surface area contributed by atoms with Crippen molar-refractivity contribution in [3.05, 3.63) is 30.6 Å². The van der Waals surface area contributed by atoms with Crippen LogP contribution in [-0.4, -0.2) is 50.7 Å². The van der Waals surface area contributed by atoms with Crippen molar-refractivity contribution in [3.8, 4) is 17.0 Å². The number of pyridine rings is 1. The first-order chi connectivity index (χ1) is 13.5. The molecule has 1 aliphatic carbocycles. The predicted molar refractivity (Wildman–Crippen MR) is 101 cm³/mol. The summed E-state index contributed by atoms with van der Waals surface area (Å²) >= 11 is 0. The average Bonchev–Trinajstić information content (AvgIpc) is 3.33. The van der Waals surface area contributed by atoms with E-state index in [0.717, 1.165) is 29.6 Å². The van der Waals surface area contributed by atoms with Crippen LogP contribution in [0.2, 0.25) is 0 Å². The highest BCUT2D eigenvalue weighted by Gasteiger charge is 2.38. The Morgan fingerprint density at radius 2 is 2.25 bits per heavy atom. The fourth-order valence-electron chi connectivity index (χ4n) is 3.33. The van der Waals surface area contributed by atoms with E-state index in [-0.39, 0.29) is 18.4 Å². The van der Waals surface area contributed by atoms with Crippen LogP contribution in [0.4, 0.5) is 10.2 Å². The molecule has 0 radical (unpaired) electrons. The average molecular weight is 384 g/mol. The standard InChI is InChI=1S/C19H21FN6O2/c1-25-17(15(8-22-25)28-11-19(20)9-21-10-19)13-4-5-26-14(6-13)7-16(24-26)23-18(27)12-2-3-12/h4-8,12,21H,2-3,9-11H2,1H3,(H,23,24,27). The third-order valence-corrected chi connectivity index (χ3v) is 5.21. The molecule has 0 unspecified atom stereocenters. The minimum absolute atomic E-state index is 0.00896. The monoisotopic (exact) mass is 384 g/mol. The van der Waals surface area contributed by atoms with Crippen molar-refractivity contribution in [1.29, 1.82) is 0 Å². The van der Waals surface area contributed by atoms with Gasteiger partial charge in [0.2, 0.25) is 5.91 Å². The number of carbonyl (C=O) groups excluding carboxylic acids is 1. The quantitative estimate of drug-likeness (QED) is 0.677. The van der Waals surface area contributed by atoms with E-state index >= 15 is 0 Å². The second-order valence-electron chi connectivity index (χ2n) is 7.60. The molecule has 0 spiro atoms. The largest absolute Gasteiger partial charge is 0.486 e. The van der Waals surface area contributed by atoms with Gasteiger partial charge in [-0.05, 0) is 25.0 Å². The number of halogens is 1. The number of alkyl halides is 1. The number of nitrogens with zero attached hydrogens (tertiary/aromatic N) is 4. The van der Waals surface area contributed by atoms with Gasteiger partial charge in [0, 0.05) is 43.9 Å². The topological polar surface area (TPSA) is 85.5 Å². The Bertz CT molecular complexity index is 1050. The smallest absolute Gasteiger partial charge is 0.228 e. The Labute approximate surface area is 160 Å². The number of hydrogen-bond donors (Lipinski definition) is 2. The van der Waals surface area contributed by atoms with E-state index in [4.69, 9.17) is 4.74 Å². The lowest BCUT2D eigenvalue weighted by Gasteiger charge is -2.34. The van der Waals surface area contributed by atoms with E-state index in [9.17, 15) is 9.18 Å². The molecule has 0 atom stereocenters. The fourth-order valence-corrected chi connectivity index (χ4v) is 3.33. The third kappa shape index (κ3) is 3.11. The minimum atomic E-state index is -1.32. The summed E-state index contributed by atoms with van der Waals surface area (Å²) in [6, 6.07) is 5.67. The zero-order chi connectivity index (χ0) is 19.3. The summed E-state index contributed by atoms with van der Waals surface area (Å²) in [5, 5.41) is 14.4. The highest BCUT2D eigenvalue weighted by molar-refractivity contribution is 5.93. The fraction of sp³-hybridized carbons (Fsp3) is 0.421. The van der Waals surface area contributed by atoms with E-state index < -0.39 is 5.67 Å². The Kier molecular flexibility index (Phi) is 3.87. The molecule has 0 bridgehead atoms. The summed E-state index contributed by atoms with van der Waals surface area (Å²) < 4.78 is 23.4. The first kappa shape index (κ1) is 17.2. The van der Waals surface area contributed by atoms with E-state index in [2.05, 4.69) is 20.8 Å². The molecule has 2 aliphatic rings. The van der Waals surface area contributed by atoms with Crippen LogP contribution in [0.15, 0.2) is 30.6 Å². The molecule has 1 aliphatic heterocycles. The van der Waals surface area contributed by atoms with Crippen LogP contribution in [0.5, 0.6) is 5.75 Å². The molecular weight excluding hydrogens is 363 g/mol. The van der Waals surface area contributed by atoms with Crippen molar-refractivity contribution in [2.45, 2.75) is 18.5 Å². The summed E-state index contributed by atoms with van der Waals surface area (Å²) in [4.78, 5) is 12.0. The molecule has 1 saturated carbocycles. The molecule has 1 saturated heterocycles. The van der Waals surface area contributed by atoms with Crippen molar-refractivity contribution in [2.75, 3.05) is 25.0 Å². The number of rotatable bonds is 6. The number of aryl methyl sites for hydroxylation is 1. The molecule has 2 N–H and O–H groups in total. The van der Waals surface area contributed by atoms with Gasteiger partial charge < -0.3 is 15.4 Å². The molecule has 3 aromatic rings. The number of carbonyl (C=O) groups is 1. The number of aromatic nitrogens is 4. The summed E-state index contributed by atoms with van der Waals surface area (Å²) in [6.07, 6.45) is 5.32. The van der Waals surface area contributed by atoms with Crippen LogP contribution in [0.25, 0.3) is 16.8 Å². The maximum Gasteiger partial charge on any atom is 0.228 e. The highest BCUT2D eigenvalue weighted by atomic mass is 19.1. The third-order valence-electron chi connectivity index (χ3n) is 5.21. The molecule has 1 amide bonds. The van der Waals surface area contributed by atoms with Crippen molar-refractivity contribution in [2.24, 2.45) is 13.0 Å². The van der Waals surface area contributed by atoms with Gasteiger partial charge >= 0.3 is 0 Å². The van der Waals surface area contributed by atoms with Gasteiger partial charge in [0.05, 0.1) is 11.7 Å². The number of hydrogen-bond acceptors (Lipinski definition) is 5. The van der Waals surface area contributed by atoms with Gasteiger partial charge in [0.1, 0.15) is 12.3 Å². The van der Waals surface area contributed by atoms with Crippen LogP contribution < -0.4 is 15.4 Å². The van der Waals surface area contributed by atoms with Crippen LogP contribution in [0.1, 0.15) is 12.8 Å². The van der Waals surface area contributed by atoms with Crippen LogP contribution >= 0.6 is 0 Å². The molecule has 146 valence electrons.